The van der Waals surface area contributed by atoms with Crippen LogP contribution in [0.25, 0.3) is 5.57 Å². The van der Waals surface area contributed by atoms with Crippen LogP contribution >= 0.6 is 0 Å². The minimum absolute atomic E-state index is 0.501. The minimum atomic E-state index is 0.501. The van der Waals surface area contributed by atoms with Gasteiger partial charge in [-0.25, -0.2) is 4.39 Å². The highest BCUT2D eigenvalue weighted by atomic mass is 19.1. The molecule has 0 atom stereocenters. The van der Waals surface area contributed by atoms with Crippen molar-refractivity contribution in [3.8, 4) is 0 Å². The van der Waals surface area contributed by atoms with Crippen LogP contribution in [0.1, 0.15) is 71.4 Å². The number of nitrogens with one attached hydrogen (secondary N) is 1. The van der Waals surface area contributed by atoms with E-state index in [1.165, 1.54) is 38.2 Å². The molecule has 2 nitrogen and oxygen atoms in total. The van der Waals surface area contributed by atoms with Crippen molar-refractivity contribution in [2.24, 2.45) is 0 Å². The standard InChI is InChI=1S/C17H21FN2.C7H16/c1-3-4-12-19-15(2)14-16(9-5-7-11-18)17-10-6-8-13-20-17;1-3-5-7-6-4-2/h5-11,13-14,19H,2-4,12H2,1H3;3-7H2,1-2H3/b9-5-,11-7-,16-14+;. The lowest BCUT2D eigenvalue weighted by Crippen LogP contribution is -2.12. The van der Waals surface area contributed by atoms with E-state index in [0.29, 0.717) is 6.33 Å². The van der Waals surface area contributed by atoms with Crippen LogP contribution in [-0.2, 0) is 0 Å². The van der Waals surface area contributed by atoms with Gasteiger partial charge >= 0.3 is 0 Å². The average Bonchev–Trinajstić information content (AvgIpc) is 2.69. The van der Waals surface area contributed by atoms with E-state index < -0.39 is 0 Å². The third-order valence-corrected chi connectivity index (χ3v) is 3.84. The fourth-order valence-electron chi connectivity index (χ4n) is 2.28. The van der Waals surface area contributed by atoms with E-state index in [1.807, 2.05) is 30.4 Å². The van der Waals surface area contributed by atoms with Gasteiger partial charge in [-0.15, -0.1) is 0 Å². The van der Waals surface area contributed by atoms with Crippen LogP contribution in [0.15, 0.2) is 67.3 Å². The summed E-state index contributed by atoms with van der Waals surface area (Å²) in [5.74, 6) is 0. The Kier molecular flexibility index (Phi) is 17.1. The molecule has 1 N–H and O–H groups in total. The van der Waals surface area contributed by atoms with E-state index in [-0.39, 0.29) is 0 Å². The number of pyridine rings is 1. The lowest BCUT2D eigenvalue weighted by Gasteiger charge is -2.07. The Morgan fingerprint density at radius 1 is 1.04 bits per heavy atom. The zero-order valence-corrected chi connectivity index (χ0v) is 17.4. The van der Waals surface area contributed by atoms with Crippen LogP contribution in [-0.4, -0.2) is 11.5 Å². The number of allylic oxidation sites excluding steroid dienone is 5. The molecule has 0 amide bonds. The van der Waals surface area contributed by atoms with E-state index in [1.54, 1.807) is 12.3 Å². The molecule has 3 heteroatoms. The van der Waals surface area contributed by atoms with E-state index in [2.05, 4.69) is 37.7 Å². The highest BCUT2D eigenvalue weighted by Gasteiger charge is 1.99. The summed E-state index contributed by atoms with van der Waals surface area (Å²) in [5.41, 5.74) is 2.54. The summed E-state index contributed by atoms with van der Waals surface area (Å²) < 4.78 is 12.0. The smallest absolute Gasteiger partial charge is 0.0866 e. The van der Waals surface area contributed by atoms with Crippen molar-refractivity contribution in [1.82, 2.24) is 10.3 Å². The fraction of sp³-hybridized carbons (Fsp3) is 0.458. The highest BCUT2D eigenvalue weighted by molar-refractivity contribution is 5.73. The average molecular weight is 373 g/mol. The van der Waals surface area contributed by atoms with Crippen LogP contribution in [0.5, 0.6) is 0 Å². The molecule has 0 aliphatic heterocycles. The zero-order chi connectivity index (χ0) is 20.2. The Hall–Kier alpha value is -2.16. The van der Waals surface area contributed by atoms with Crippen LogP contribution < -0.4 is 5.32 Å². The Labute approximate surface area is 166 Å². The summed E-state index contributed by atoms with van der Waals surface area (Å²) in [4.78, 5) is 4.30. The van der Waals surface area contributed by atoms with Gasteiger partial charge in [-0.05, 0) is 30.7 Å². The second-order valence-corrected chi connectivity index (χ2v) is 6.36. The Morgan fingerprint density at radius 3 is 2.30 bits per heavy atom. The quantitative estimate of drug-likeness (QED) is 0.306. The van der Waals surface area contributed by atoms with Crippen LogP contribution in [0.2, 0.25) is 0 Å². The molecule has 0 aliphatic rings. The molecule has 1 aromatic rings. The van der Waals surface area contributed by atoms with Crippen molar-refractivity contribution in [3.63, 3.8) is 0 Å². The summed E-state index contributed by atoms with van der Waals surface area (Å²) in [5, 5.41) is 3.25. The van der Waals surface area contributed by atoms with Crippen LogP contribution in [0.3, 0.4) is 0 Å². The van der Waals surface area contributed by atoms with E-state index in [0.717, 1.165) is 36.4 Å². The first-order valence-corrected chi connectivity index (χ1v) is 10.2. The van der Waals surface area contributed by atoms with Gasteiger partial charge in [-0.3, -0.25) is 4.98 Å². The van der Waals surface area contributed by atoms with Crippen molar-refractivity contribution in [2.45, 2.75) is 65.7 Å². The number of hydrogen-bond donors (Lipinski definition) is 1. The molecular formula is C24H37FN2. The molecule has 1 rings (SSSR count). The second kappa shape index (κ2) is 18.6. The normalized spacial score (nSPS) is 11.5. The predicted octanol–water partition coefficient (Wildman–Crippen LogP) is 7.38. The molecule has 1 heterocycles. The first-order valence-electron chi connectivity index (χ1n) is 10.2. The molecule has 0 radical (unpaired) electrons. The maximum atomic E-state index is 12.0. The molecular weight excluding hydrogens is 335 g/mol. The molecule has 0 saturated heterocycles. The lowest BCUT2D eigenvalue weighted by atomic mass is 10.1. The number of unbranched alkanes of at least 4 members (excludes halogenated alkanes) is 5. The highest BCUT2D eigenvalue weighted by Crippen LogP contribution is 2.14. The Bertz CT molecular complexity index is 555. The molecule has 0 unspecified atom stereocenters. The van der Waals surface area contributed by atoms with Crippen LogP contribution in [0.4, 0.5) is 4.39 Å². The van der Waals surface area contributed by atoms with Gasteiger partial charge in [-0.1, -0.05) is 84.1 Å². The molecule has 150 valence electrons. The number of hydrogen-bond acceptors (Lipinski definition) is 2. The first-order chi connectivity index (χ1) is 13.2. The number of rotatable bonds is 12. The Balaban J connectivity index is 0.000000821. The third kappa shape index (κ3) is 14.7. The van der Waals surface area contributed by atoms with E-state index in [4.69, 9.17) is 0 Å². The summed E-state index contributed by atoms with van der Waals surface area (Å²) in [6.45, 7) is 11.5. The largest absolute Gasteiger partial charge is 0.386 e. The molecule has 0 aromatic carbocycles. The number of nitrogens with zero attached hydrogens (tertiary/aromatic N) is 1. The monoisotopic (exact) mass is 372 g/mol. The number of aromatic nitrogens is 1. The lowest BCUT2D eigenvalue weighted by molar-refractivity contribution is 0.656. The third-order valence-electron chi connectivity index (χ3n) is 3.84. The molecule has 27 heavy (non-hydrogen) atoms. The van der Waals surface area contributed by atoms with Gasteiger partial charge in [0.15, 0.2) is 0 Å². The van der Waals surface area contributed by atoms with Gasteiger partial charge in [0.25, 0.3) is 0 Å². The molecule has 0 aliphatic carbocycles. The van der Waals surface area contributed by atoms with E-state index in [9.17, 15) is 4.39 Å². The SMILES string of the molecule is C=C(\C=C(/C=C\C=C/F)c1ccccn1)NCCCC.CCCCCCC. The van der Waals surface area contributed by atoms with Crippen molar-refractivity contribution in [3.05, 3.63) is 73.0 Å². The fourth-order valence-corrected chi connectivity index (χ4v) is 2.28. The Morgan fingerprint density at radius 2 is 1.74 bits per heavy atom. The van der Waals surface area contributed by atoms with Crippen LogP contribution in [0, 0.1) is 0 Å². The zero-order valence-electron chi connectivity index (χ0n) is 17.4. The van der Waals surface area contributed by atoms with Gasteiger partial charge in [0.2, 0.25) is 0 Å². The molecule has 1 aromatic heterocycles. The van der Waals surface area contributed by atoms with Gasteiger partial charge in [-0.2, -0.15) is 0 Å². The van der Waals surface area contributed by atoms with Gasteiger partial charge in [0.1, 0.15) is 0 Å². The molecule has 0 saturated carbocycles. The maximum absolute atomic E-state index is 12.0. The van der Waals surface area contributed by atoms with Gasteiger partial charge in [0.05, 0.1) is 12.0 Å². The minimum Gasteiger partial charge on any atom is -0.386 e. The van der Waals surface area contributed by atoms with Crippen molar-refractivity contribution in [1.29, 1.82) is 0 Å². The van der Waals surface area contributed by atoms with Crippen molar-refractivity contribution >= 4 is 5.57 Å². The number of halogens is 1. The molecule has 0 fully saturated rings. The topological polar surface area (TPSA) is 24.9 Å². The first kappa shape index (κ1) is 24.8. The van der Waals surface area contributed by atoms with Gasteiger partial charge < -0.3 is 5.32 Å². The van der Waals surface area contributed by atoms with Crippen molar-refractivity contribution < 1.29 is 4.39 Å². The summed E-state index contributed by atoms with van der Waals surface area (Å²) in [7, 11) is 0. The van der Waals surface area contributed by atoms with Crippen molar-refractivity contribution in [2.75, 3.05) is 6.54 Å². The molecule has 0 bridgehead atoms. The summed E-state index contributed by atoms with van der Waals surface area (Å²) in [6.07, 6.45) is 18.2. The van der Waals surface area contributed by atoms with E-state index >= 15 is 0 Å². The predicted molar refractivity (Wildman–Crippen MR) is 118 cm³/mol. The summed E-state index contributed by atoms with van der Waals surface area (Å²) in [6, 6.07) is 5.69. The summed E-state index contributed by atoms with van der Waals surface area (Å²) >= 11 is 0. The van der Waals surface area contributed by atoms with Gasteiger partial charge in [0, 0.05) is 24.0 Å². The molecule has 0 spiro atoms. The second-order valence-electron chi connectivity index (χ2n) is 6.36. The maximum Gasteiger partial charge on any atom is 0.0866 e.